The molecule has 3 atom stereocenters. The van der Waals surface area contributed by atoms with E-state index in [9.17, 15) is 5.11 Å². The molecule has 1 saturated heterocycles. The maximum atomic E-state index is 10.5. The molecule has 3 aromatic rings. The standard InChI is InChI=1S/C26H29ClN2O3/c1-2-31-28-15-22-13-21(30)14-25(32-22)29-16-20(26-23(27)4-3-5-24(26)29)12-17-6-8-18(9-7-17)19-10-11-19/h3-9,15-16,19,21-22,25,30H,2,10-14H2,1H3/b28-15+/t21-,22-,25+/m0/s1. The Bertz CT molecular complexity index is 1100. The Labute approximate surface area is 193 Å². The normalized spacial score (nSPS) is 23.8. The van der Waals surface area contributed by atoms with Crippen molar-refractivity contribution >= 4 is 28.7 Å². The van der Waals surface area contributed by atoms with E-state index in [1.807, 2.05) is 19.1 Å². The van der Waals surface area contributed by atoms with Crippen LogP contribution in [0.3, 0.4) is 0 Å². The predicted molar refractivity (Wildman–Crippen MR) is 127 cm³/mol. The molecule has 0 unspecified atom stereocenters. The minimum Gasteiger partial charge on any atom is -0.396 e. The number of benzene rings is 2. The van der Waals surface area contributed by atoms with Crippen molar-refractivity contribution in [1.82, 2.24) is 4.57 Å². The average molecular weight is 453 g/mol. The molecule has 1 saturated carbocycles. The van der Waals surface area contributed by atoms with E-state index in [-0.39, 0.29) is 12.3 Å². The van der Waals surface area contributed by atoms with Gasteiger partial charge in [0.15, 0.2) is 0 Å². The molecule has 1 aliphatic heterocycles. The highest BCUT2D eigenvalue weighted by molar-refractivity contribution is 6.35. The maximum Gasteiger partial charge on any atom is 0.137 e. The second-order valence-corrected chi connectivity index (χ2v) is 9.22. The first-order valence-electron chi connectivity index (χ1n) is 11.5. The quantitative estimate of drug-likeness (QED) is 0.362. The number of aromatic nitrogens is 1. The third-order valence-corrected chi connectivity index (χ3v) is 6.67. The van der Waals surface area contributed by atoms with Gasteiger partial charge >= 0.3 is 0 Å². The van der Waals surface area contributed by atoms with Crippen LogP contribution in [-0.2, 0) is 16.0 Å². The molecule has 0 spiro atoms. The van der Waals surface area contributed by atoms with Crippen molar-refractivity contribution in [3.63, 3.8) is 0 Å². The zero-order valence-corrected chi connectivity index (χ0v) is 19.0. The molecule has 0 bridgehead atoms. The van der Waals surface area contributed by atoms with E-state index in [1.54, 1.807) is 6.21 Å². The highest BCUT2D eigenvalue weighted by atomic mass is 35.5. The van der Waals surface area contributed by atoms with Gasteiger partial charge in [-0.25, -0.2) is 0 Å². The number of hydrogen-bond acceptors (Lipinski definition) is 4. The smallest absolute Gasteiger partial charge is 0.137 e. The number of rotatable bonds is 7. The number of hydrogen-bond donors (Lipinski definition) is 1. The first-order valence-corrected chi connectivity index (χ1v) is 11.9. The van der Waals surface area contributed by atoms with Gasteiger partial charge in [-0.15, -0.1) is 0 Å². The van der Waals surface area contributed by atoms with Crippen LogP contribution in [0.5, 0.6) is 0 Å². The van der Waals surface area contributed by atoms with Gasteiger partial charge in [-0.2, -0.15) is 0 Å². The topological polar surface area (TPSA) is 56.0 Å². The lowest BCUT2D eigenvalue weighted by atomic mass is 10.0. The van der Waals surface area contributed by atoms with E-state index in [4.69, 9.17) is 21.2 Å². The lowest BCUT2D eigenvalue weighted by molar-refractivity contribution is -0.100. The third kappa shape index (κ3) is 4.56. The summed E-state index contributed by atoms with van der Waals surface area (Å²) in [4.78, 5) is 5.08. The Kier molecular flexibility index (Phi) is 6.22. The summed E-state index contributed by atoms with van der Waals surface area (Å²) in [6.45, 7) is 2.38. The van der Waals surface area contributed by atoms with Gasteiger partial charge in [0.25, 0.3) is 0 Å². The van der Waals surface area contributed by atoms with E-state index < -0.39 is 6.10 Å². The van der Waals surface area contributed by atoms with Gasteiger partial charge in [0.1, 0.15) is 18.9 Å². The van der Waals surface area contributed by atoms with Crippen molar-refractivity contribution in [3.8, 4) is 0 Å². The van der Waals surface area contributed by atoms with Gasteiger partial charge < -0.3 is 19.2 Å². The predicted octanol–water partition coefficient (Wildman–Crippen LogP) is 5.82. The fourth-order valence-corrected chi connectivity index (χ4v) is 4.93. The van der Waals surface area contributed by atoms with Crippen LogP contribution < -0.4 is 0 Å². The average Bonchev–Trinajstić information content (AvgIpc) is 3.56. The number of oxime groups is 1. The van der Waals surface area contributed by atoms with Crippen LogP contribution in [0.2, 0.25) is 5.02 Å². The number of fused-ring (bicyclic) bond motifs is 1. The Hall–Kier alpha value is -2.34. The molecule has 168 valence electrons. The van der Waals surface area contributed by atoms with Gasteiger partial charge in [0, 0.05) is 24.4 Å². The number of nitrogens with zero attached hydrogens (tertiary/aromatic N) is 2. The van der Waals surface area contributed by atoms with E-state index in [0.29, 0.717) is 19.4 Å². The summed E-state index contributed by atoms with van der Waals surface area (Å²) in [6, 6.07) is 14.9. The Morgan fingerprint density at radius 3 is 2.75 bits per heavy atom. The maximum absolute atomic E-state index is 10.5. The Balaban J connectivity index is 1.45. The fourth-order valence-electron chi connectivity index (χ4n) is 4.63. The van der Waals surface area contributed by atoms with Gasteiger partial charge in [-0.1, -0.05) is 47.1 Å². The second-order valence-electron chi connectivity index (χ2n) is 8.81. The van der Waals surface area contributed by atoms with Crippen molar-refractivity contribution in [2.45, 2.75) is 63.4 Å². The molecule has 1 N–H and O–H groups in total. The lowest BCUT2D eigenvalue weighted by Gasteiger charge is -2.32. The monoisotopic (exact) mass is 452 g/mol. The van der Waals surface area contributed by atoms with Gasteiger partial charge in [0.05, 0.1) is 22.9 Å². The summed E-state index contributed by atoms with van der Waals surface area (Å²) < 4.78 is 8.39. The molecule has 0 amide bonds. The number of halogens is 1. The highest BCUT2D eigenvalue weighted by Crippen LogP contribution is 2.40. The minimum atomic E-state index is -0.470. The number of aliphatic hydroxyl groups excluding tert-OH is 1. The highest BCUT2D eigenvalue weighted by Gasteiger charge is 2.30. The molecule has 5 rings (SSSR count). The summed E-state index contributed by atoms with van der Waals surface area (Å²) in [5, 5.41) is 16.2. The molecular weight excluding hydrogens is 424 g/mol. The number of ether oxygens (including phenoxy) is 1. The fraction of sp³-hybridized carbons (Fsp3) is 0.423. The Morgan fingerprint density at radius 2 is 2.00 bits per heavy atom. The largest absolute Gasteiger partial charge is 0.396 e. The Morgan fingerprint density at radius 1 is 1.19 bits per heavy atom. The minimum absolute atomic E-state index is 0.301. The number of aliphatic hydroxyl groups is 1. The van der Waals surface area contributed by atoms with Crippen LogP contribution in [0.4, 0.5) is 0 Å². The van der Waals surface area contributed by atoms with E-state index in [2.05, 4.69) is 46.3 Å². The summed E-state index contributed by atoms with van der Waals surface area (Å²) in [5.41, 5.74) is 4.88. The molecule has 0 radical (unpaired) electrons. The second kappa shape index (κ2) is 9.26. The van der Waals surface area contributed by atoms with Crippen molar-refractivity contribution in [1.29, 1.82) is 0 Å². The van der Waals surface area contributed by atoms with Crippen LogP contribution in [0.25, 0.3) is 10.9 Å². The third-order valence-electron chi connectivity index (χ3n) is 6.36. The molecule has 6 heteroatoms. The van der Waals surface area contributed by atoms with Crippen molar-refractivity contribution in [2.75, 3.05) is 6.61 Å². The first-order chi connectivity index (χ1) is 15.6. The van der Waals surface area contributed by atoms with Crippen molar-refractivity contribution < 1.29 is 14.7 Å². The SMILES string of the molecule is CCO/N=C/[C@@H]1C[C@H](O)C[C@H](n2cc(Cc3ccc(C4CC4)cc3)c3c(Cl)cccc32)O1. The molecular formula is C26H29ClN2O3. The van der Waals surface area contributed by atoms with Crippen LogP contribution in [-0.4, -0.2) is 34.7 Å². The zero-order chi connectivity index (χ0) is 22.1. The van der Waals surface area contributed by atoms with Gasteiger partial charge in [0.2, 0.25) is 0 Å². The summed E-state index contributed by atoms with van der Waals surface area (Å²) in [5.74, 6) is 0.759. The van der Waals surface area contributed by atoms with Crippen LogP contribution in [0, 0.1) is 0 Å². The zero-order valence-electron chi connectivity index (χ0n) is 18.3. The summed E-state index contributed by atoms with van der Waals surface area (Å²) in [6.07, 6.45) is 7.14. The lowest BCUT2D eigenvalue weighted by Crippen LogP contribution is -2.34. The van der Waals surface area contributed by atoms with Crippen LogP contribution in [0.15, 0.2) is 53.8 Å². The molecule has 1 aliphatic carbocycles. The molecule has 2 heterocycles. The summed E-state index contributed by atoms with van der Waals surface area (Å²) in [7, 11) is 0. The van der Waals surface area contributed by atoms with Crippen LogP contribution >= 0.6 is 11.6 Å². The van der Waals surface area contributed by atoms with E-state index >= 15 is 0 Å². The van der Waals surface area contributed by atoms with Crippen LogP contribution in [0.1, 0.15) is 61.4 Å². The van der Waals surface area contributed by atoms with E-state index in [0.717, 1.165) is 33.8 Å². The van der Waals surface area contributed by atoms with E-state index in [1.165, 1.54) is 24.0 Å². The molecule has 2 fully saturated rings. The molecule has 2 aliphatic rings. The molecule has 2 aromatic carbocycles. The summed E-state index contributed by atoms with van der Waals surface area (Å²) >= 11 is 6.66. The van der Waals surface area contributed by atoms with Gasteiger partial charge in [-0.3, -0.25) is 0 Å². The van der Waals surface area contributed by atoms with Crippen molar-refractivity contribution in [2.24, 2.45) is 5.16 Å². The molecule has 1 aromatic heterocycles. The van der Waals surface area contributed by atoms with Gasteiger partial charge in [-0.05, 0) is 60.9 Å². The molecule has 5 nitrogen and oxygen atoms in total. The molecule has 32 heavy (non-hydrogen) atoms. The first kappa shape index (κ1) is 21.5. The van der Waals surface area contributed by atoms with Crippen molar-refractivity contribution in [3.05, 3.63) is 70.4 Å².